The predicted molar refractivity (Wildman–Crippen MR) is 90.2 cm³/mol. The van der Waals surface area contributed by atoms with Crippen LogP contribution in [0, 0.1) is 28.6 Å². The highest BCUT2D eigenvalue weighted by molar-refractivity contribution is 5.93. The molecule has 134 valence electrons. The van der Waals surface area contributed by atoms with E-state index in [1.165, 1.54) is 5.57 Å². The summed E-state index contributed by atoms with van der Waals surface area (Å²) in [6, 6.07) is 2.15. The fourth-order valence-electron chi connectivity index (χ4n) is 6.20. The Kier molecular flexibility index (Phi) is 3.91. The number of allylic oxidation sites excluding steroid dienone is 3. The molecule has 2 N–H and O–H groups in total. The topological polar surface area (TPSA) is 90.6 Å². The van der Waals surface area contributed by atoms with Gasteiger partial charge in [-0.2, -0.15) is 5.26 Å². The zero-order valence-electron chi connectivity index (χ0n) is 14.6. The molecular formula is C20H25NO4. The molecular weight excluding hydrogens is 318 g/mol. The lowest BCUT2D eigenvalue weighted by molar-refractivity contribution is -0.287. The summed E-state index contributed by atoms with van der Waals surface area (Å²) in [6.07, 6.45) is 6.51. The number of hydrogen-bond acceptors (Lipinski definition) is 5. The third-order valence-electron chi connectivity index (χ3n) is 7.51. The lowest BCUT2D eigenvalue weighted by Crippen LogP contribution is -2.53. The van der Waals surface area contributed by atoms with E-state index < -0.39 is 17.1 Å². The first-order valence-corrected chi connectivity index (χ1v) is 9.30. The van der Waals surface area contributed by atoms with E-state index in [-0.39, 0.29) is 18.1 Å². The molecule has 2 saturated carbocycles. The van der Waals surface area contributed by atoms with E-state index in [9.17, 15) is 20.4 Å². The molecule has 4 aliphatic rings. The second kappa shape index (κ2) is 5.77. The van der Waals surface area contributed by atoms with Gasteiger partial charge in [0.05, 0.1) is 18.1 Å². The minimum absolute atomic E-state index is 0.121. The van der Waals surface area contributed by atoms with Gasteiger partial charge in [0.2, 0.25) is 0 Å². The zero-order chi connectivity index (χ0) is 17.8. The van der Waals surface area contributed by atoms with Crippen molar-refractivity contribution < 1.29 is 20.0 Å². The van der Waals surface area contributed by atoms with Crippen molar-refractivity contribution in [3.05, 3.63) is 22.8 Å². The number of carbonyl (C=O) groups excluding carboxylic acids is 1. The number of nitrogens with zero attached hydrogens (tertiary/aromatic N) is 1. The maximum absolute atomic E-state index is 11.8. The predicted octanol–water partition coefficient (Wildman–Crippen LogP) is 3.31. The second-order valence-corrected chi connectivity index (χ2v) is 8.44. The van der Waals surface area contributed by atoms with Crippen LogP contribution in [0.15, 0.2) is 22.8 Å². The Morgan fingerprint density at radius 2 is 2.16 bits per heavy atom. The Morgan fingerprint density at radius 1 is 1.36 bits per heavy atom. The van der Waals surface area contributed by atoms with Crippen LogP contribution >= 0.6 is 0 Å². The van der Waals surface area contributed by atoms with E-state index in [0.29, 0.717) is 25.2 Å². The monoisotopic (exact) mass is 343 g/mol. The first kappa shape index (κ1) is 17.0. The van der Waals surface area contributed by atoms with Gasteiger partial charge in [0.25, 0.3) is 0 Å². The van der Waals surface area contributed by atoms with E-state index in [4.69, 9.17) is 4.89 Å². The van der Waals surface area contributed by atoms with E-state index in [1.54, 1.807) is 6.08 Å². The number of ketones is 1. The van der Waals surface area contributed by atoms with Gasteiger partial charge in [-0.05, 0) is 73.2 Å². The van der Waals surface area contributed by atoms with Gasteiger partial charge in [-0.15, -0.1) is 0 Å². The molecule has 1 unspecified atom stereocenters. The average molecular weight is 343 g/mol. The lowest BCUT2D eigenvalue weighted by atomic mass is 9.54. The summed E-state index contributed by atoms with van der Waals surface area (Å²) < 4.78 is 0. The van der Waals surface area contributed by atoms with Crippen molar-refractivity contribution >= 4 is 5.78 Å². The van der Waals surface area contributed by atoms with Crippen LogP contribution in [0.5, 0.6) is 0 Å². The van der Waals surface area contributed by atoms with Crippen LogP contribution in [0.4, 0.5) is 0 Å². The summed E-state index contributed by atoms with van der Waals surface area (Å²) in [5.41, 5.74) is 2.01. The number of hydrogen-bond donors (Lipinski definition) is 2. The normalized spacial score (nSPS) is 43.0. The van der Waals surface area contributed by atoms with Crippen LogP contribution in [0.3, 0.4) is 0 Å². The fraction of sp³-hybridized carbons (Fsp3) is 0.700. The average Bonchev–Trinajstić information content (AvgIpc) is 2.85. The molecule has 0 spiro atoms. The summed E-state index contributed by atoms with van der Waals surface area (Å²) in [4.78, 5) is 16.7. The Hall–Kier alpha value is -1.48. The Balaban J connectivity index is 1.80. The molecule has 5 heteroatoms. The molecule has 0 amide bonds. The second-order valence-electron chi connectivity index (χ2n) is 8.44. The first-order valence-electron chi connectivity index (χ1n) is 9.30. The van der Waals surface area contributed by atoms with Gasteiger partial charge in [-0.1, -0.05) is 6.92 Å². The Bertz CT molecular complexity index is 718. The molecule has 25 heavy (non-hydrogen) atoms. The van der Waals surface area contributed by atoms with Crippen LogP contribution < -0.4 is 0 Å². The SMILES string of the molecule is C[C@]12CC(OO)C3=C4CCC(=O)C=C4CC[C@H]3[C@@H]1CC[C@@]2(O)CC#N. The summed E-state index contributed by atoms with van der Waals surface area (Å²) >= 11 is 0. The van der Waals surface area contributed by atoms with Crippen molar-refractivity contribution in [2.75, 3.05) is 0 Å². The zero-order valence-corrected chi connectivity index (χ0v) is 14.6. The lowest BCUT2D eigenvalue weighted by Gasteiger charge is -2.53. The number of aliphatic hydroxyl groups is 1. The molecule has 0 aromatic carbocycles. The Labute approximate surface area is 147 Å². The van der Waals surface area contributed by atoms with Gasteiger partial charge >= 0.3 is 0 Å². The van der Waals surface area contributed by atoms with Gasteiger partial charge in [-0.25, -0.2) is 4.89 Å². The standard InChI is InChI=1S/C20H25NO4/c1-19-11-17(25-24)18-14-5-3-13(22)10-12(14)2-4-15(18)16(19)6-7-20(19,23)8-9-21/h10,15-17,23-24H,2-8,11H2,1H3/t15-,16-,17?,19-,20+/m0/s1. The molecule has 0 saturated heterocycles. The van der Waals surface area contributed by atoms with Crippen molar-refractivity contribution in [1.82, 2.24) is 0 Å². The third kappa shape index (κ3) is 2.28. The van der Waals surface area contributed by atoms with Crippen molar-refractivity contribution in [2.24, 2.45) is 17.3 Å². The molecule has 0 aromatic rings. The molecule has 0 heterocycles. The highest BCUT2D eigenvalue weighted by Gasteiger charge is 2.63. The van der Waals surface area contributed by atoms with Gasteiger partial charge in [0, 0.05) is 11.8 Å². The highest BCUT2D eigenvalue weighted by Crippen LogP contribution is 2.64. The maximum Gasteiger partial charge on any atom is 0.156 e. The largest absolute Gasteiger partial charge is 0.388 e. The van der Waals surface area contributed by atoms with E-state index in [2.05, 4.69) is 13.0 Å². The molecule has 2 fully saturated rings. The molecule has 4 aliphatic carbocycles. The number of nitriles is 1. The van der Waals surface area contributed by atoms with Crippen molar-refractivity contribution in [3.63, 3.8) is 0 Å². The quantitative estimate of drug-likeness (QED) is 0.593. The van der Waals surface area contributed by atoms with Crippen molar-refractivity contribution in [3.8, 4) is 6.07 Å². The molecule has 5 nitrogen and oxygen atoms in total. The number of carbonyl (C=O) groups is 1. The Morgan fingerprint density at radius 3 is 2.88 bits per heavy atom. The van der Waals surface area contributed by atoms with E-state index in [1.807, 2.05) is 0 Å². The first-order chi connectivity index (χ1) is 11.9. The summed E-state index contributed by atoms with van der Waals surface area (Å²) in [7, 11) is 0. The molecule has 5 atom stereocenters. The third-order valence-corrected chi connectivity index (χ3v) is 7.51. The van der Waals surface area contributed by atoms with E-state index >= 15 is 0 Å². The van der Waals surface area contributed by atoms with Crippen LogP contribution in [0.1, 0.15) is 58.3 Å². The highest BCUT2D eigenvalue weighted by atomic mass is 17.1. The van der Waals surface area contributed by atoms with Crippen LogP contribution in [0.2, 0.25) is 0 Å². The number of fused-ring (bicyclic) bond motifs is 4. The molecule has 0 radical (unpaired) electrons. The minimum Gasteiger partial charge on any atom is -0.388 e. The van der Waals surface area contributed by atoms with Gasteiger partial charge in [0.15, 0.2) is 5.78 Å². The summed E-state index contributed by atoms with van der Waals surface area (Å²) in [6.45, 7) is 2.06. The molecule has 0 bridgehead atoms. The van der Waals surface area contributed by atoms with Crippen molar-refractivity contribution in [1.29, 1.82) is 5.26 Å². The molecule has 0 aliphatic heterocycles. The number of rotatable bonds is 2. The fourth-order valence-corrected chi connectivity index (χ4v) is 6.20. The van der Waals surface area contributed by atoms with Gasteiger partial charge in [-0.3, -0.25) is 10.1 Å². The van der Waals surface area contributed by atoms with Crippen LogP contribution in [-0.2, 0) is 9.68 Å². The van der Waals surface area contributed by atoms with Crippen LogP contribution in [-0.4, -0.2) is 27.9 Å². The smallest absolute Gasteiger partial charge is 0.156 e. The minimum atomic E-state index is -1.02. The van der Waals surface area contributed by atoms with Gasteiger partial charge < -0.3 is 5.11 Å². The van der Waals surface area contributed by atoms with Gasteiger partial charge in [0.1, 0.15) is 6.10 Å². The van der Waals surface area contributed by atoms with Crippen molar-refractivity contribution in [2.45, 2.75) is 70.0 Å². The summed E-state index contributed by atoms with van der Waals surface area (Å²) in [5, 5.41) is 30.0. The molecule has 4 rings (SSSR count). The van der Waals surface area contributed by atoms with Crippen LogP contribution in [0.25, 0.3) is 0 Å². The van der Waals surface area contributed by atoms with E-state index in [0.717, 1.165) is 36.8 Å². The molecule has 0 aromatic heterocycles. The maximum atomic E-state index is 11.8. The summed E-state index contributed by atoms with van der Waals surface area (Å²) in [5.74, 6) is 0.729.